The first-order valence-corrected chi connectivity index (χ1v) is 6.26. The Hall–Kier alpha value is -0.660. The van der Waals surface area contributed by atoms with Crippen molar-refractivity contribution in [2.45, 2.75) is 31.1 Å². The van der Waals surface area contributed by atoms with Crippen molar-refractivity contribution in [3.8, 4) is 0 Å². The van der Waals surface area contributed by atoms with E-state index in [1.807, 2.05) is 0 Å². The highest BCUT2D eigenvalue weighted by Crippen LogP contribution is 2.17. The molecule has 1 rings (SSSR count). The van der Waals surface area contributed by atoms with Gasteiger partial charge in [0.2, 0.25) is 10.0 Å². The number of nitrogens with zero attached hydrogens (tertiary/aromatic N) is 1. The third-order valence-electron chi connectivity index (χ3n) is 2.58. The van der Waals surface area contributed by atoms with Crippen molar-refractivity contribution < 1.29 is 23.4 Å². The number of aliphatic hydroxyl groups is 1. The van der Waals surface area contributed by atoms with E-state index in [-0.39, 0.29) is 13.1 Å². The van der Waals surface area contributed by atoms with Crippen LogP contribution < -0.4 is 0 Å². The minimum Gasteiger partial charge on any atom is -0.480 e. The van der Waals surface area contributed by atoms with Crippen LogP contribution in [-0.4, -0.2) is 53.3 Å². The lowest BCUT2D eigenvalue weighted by molar-refractivity contribution is -0.136. The van der Waals surface area contributed by atoms with E-state index in [0.717, 1.165) is 11.2 Å². The van der Waals surface area contributed by atoms with E-state index in [0.29, 0.717) is 12.8 Å². The van der Waals surface area contributed by atoms with Crippen LogP contribution in [0.1, 0.15) is 19.8 Å². The summed E-state index contributed by atoms with van der Waals surface area (Å²) in [5.74, 6) is -1.35. The molecule has 7 heteroatoms. The molecular weight excluding hydrogens is 222 g/mol. The lowest BCUT2D eigenvalue weighted by Gasteiger charge is -2.29. The predicted molar refractivity (Wildman–Crippen MR) is 52.8 cm³/mol. The van der Waals surface area contributed by atoms with Crippen LogP contribution in [0.3, 0.4) is 0 Å². The number of hydrogen-bond acceptors (Lipinski definition) is 4. The summed E-state index contributed by atoms with van der Waals surface area (Å²) in [4.78, 5) is 10.6. The summed E-state index contributed by atoms with van der Waals surface area (Å²) in [5, 5.41) is 16.4. The van der Waals surface area contributed by atoms with E-state index in [1.54, 1.807) is 0 Å². The molecule has 0 saturated carbocycles. The summed E-state index contributed by atoms with van der Waals surface area (Å²) in [6, 6.07) is 0. The second kappa shape index (κ2) is 4.46. The predicted octanol–water partition coefficient (Wildman–Crippen LogP) is -0.754. The number of carboxylic acid groups (broad SMARTS) is 1. The number of hydrogen-bond donors (Lipinski definition) is 2. The molecule has 0 aromatic heterocycles. The van der Waals surface area contributed by atoms with Gasteiger partial charge in [0.05, 0.1) is 6.10 Å². The summed E-state index contributed by atoms with van der Waals surface area (Å²) in [6.07, 6.45) is 0.258. The monoisotopic (exact) mass is 237 g/mol. The van der Waals surface area contributed by atoms with Gasteiger partial charge in [-0.1, -0.05) is 0 Å². The minimum absolute atomic E-state index is 0.196. The average Bonchev–Trinajstić information content (AvgIpc) is 2.17. The average molecular weight is 237 g/mol. The summed E-state index contributed by atoms with van der Waals surface area (Å²) >= 11 is 0. The zero-order valence-corrected chi connectivity index (χ0v) is 9.27. The van der Waals surface area contributed by atoms with Gasteiger partial charge in [0.25, 0.3) is 0 Å². The largest absolute Gasteiger partial charge is 0.480 e. The van der Waals surface area contributed by atoms with Crippen LogP contribution in [0.15, 0.2) is 0 Å². The van der Waals surface area contributed by atoms with Gasteiger partial charge in [0.15, 0.2) is 5.25 Å². The molecule has 1 atom stereocenters. The van der Waals surface area contributed by atoms with Crippen molar-refractivity contribution in [1.29, 1.82) is 0 Å². The van der Waals surface area contributed by atoms with Crippen molar-refractivity contribution in [2.24, 2.45) is 0 Å². The highest BCUT2D eigenvalue weighted by molar-refractivity contribution is 7.90. The zero-order chi connectivity index (χ0) is 11.6. The van der Waals surface area contributed by atoms with Gasteiger partial charge in [0.1, 0.15) is 0 Å². The molecule has 0 aromatic carbocycles. The Morgan fingerprint density at radius 3 is 2.27 bits per heavy atom. The van der Waals surface area contributed by atoms with E-state index in [2.05, 4.69) is 0 Å². The SMILES string of the molecule is CC(C(=O)O)S(=O)(=O)N1CCC(O)CC1. The normalized spacial score (nSPS) is 22.5. The number of piperidine rings is 1. The second-order valence-electron chi connectivity index (χ2n) is 3.66. The lowest BCUT2D eigenvalue weighted by Crippen LogP contribution is -2.45. The van der Waals surface area contributed by atoms with Gasteiger partial charge in [0, 0.05) is 13.1 Å². The molecule has 6 nitrogen and oxygen atoms in total. The summed E-state index contributed by atoms with van der Waals surface area (Å²) < 4.78 is 24.5. The van der Waals surface area contributed by atoms with Crippen LogP contribution in [0.25, 0.3) is 0 Å². The summed E-state index contributed by atoms with van der Waals surface area (Å²) in [5.41, 5.74) is 0. The van der Waals surface area contributed by atoms with Crippen LogP contribution in [0.4, 0.5) is 0 Å². The first-order chi connectivity index (χ1) is 6.85. The smallest absolute Gasteiger partial charge is 0.323 e. The molecule has 1 aliphatic rings. The Kier molecular flexibility index (Phi) is 3.69. The Labute approximate surface area is 88.6 Å². The van der Waals surface area contributed by atoms with Gasteiger partial charge in [-0.3, -0.25) is 4.79 Å². The third kappa shape index (κ3) is 2.67. The first kappa shape index (κ1) is 12.4. The fourth-order valence-electron chi connectivity index (χ4n) is 1.45. The van der Waals surface area contributed by atoms with Gasteiger partial charge in [-0.15, -0.1) is 0 Å². The number of carbonyl (C=O) groups is 1. The molecule has 0 spiro atoms. The van der Waals surface area contributed by atoms with Gasteiger partial charge in [-0.2, -0.15) is 0 Å². The molecule has 2 N–H and O–H groups in total. The van der Waals surface area contributed by atoms with Gasteiger partial charge in [-0.25, -0.2) is 12.7 Å². The summed E-state index contributed by atoms with van der Waals surface area (Å²) in [7, 11) is -3.76. The van der Waals surface area contributed by atoms with Crippen LogP contribution in [-0.2, 0) is 14.8 Å². The first-order valence-electron chi connectivity index (χ1n) is 4.75. The molecule has 1 unspecified atom stereocenters. The van der Waals surface area contributed by atoms with Crippen LogP contribution in [0.5, 0.6) is 0 Å². The highest BCUT2D eigenvalue weighted by Gasteiger charge is 2.35. The molecule has 0 radical (unpaired) electrons. The van der Waals surface area contributed by atoms with Gasteiger partial charge in [-0.05, 0) is 19.8 Å². The number of aliphatic carboxylic acids is 1. The van der Waals surface area contributed by atoms with Gasteiger partial charge >= 0.3 is 5.97 Å². The molecule has 1 heterocycles. The number of carboxylic acids is 1. The Morgan fingerprint density at radius 2 is 1.87 bits per heavy atom. The molecule has 0 aromatic rings. The van der Waals surface area contributed by atoms with Crippen molar-refractivity contribution >= 4 is 16.0 Å². The lowest BCUT2D eigenvalue weighted by atomic mass is 10.1. The Balaban J connectivity index is 2.74. The van der Waals surface area contributed by atoms with Crippen molar-refractivity contribution in [3.63, 3.8) is 0 Å². The highest BCUT2D eigenvalue weighted by atomic mass is 32.2. The van der Waals surface area contributed by atoms with E-state index in [1.165, 1.54) is 0 Å². The van der Waals surface area contributed by atoms with E-state index < -0.39 is 27.3 Å². The van der Waals surface area contributed by atoms with Crippen molar-refractivity contribution in [1.82, 2.24) is 4.31 Å². The minimum atomic E-state index is -3.76. The quantitative estimate of drug-likeness (QED) is 0.673. The zero-order valence-electron chi connectivity index (χ0n) is 8.46. The molecular formula is C8H15NO5S. The number of aliphatic hydroxyl groups excluding tert-OH is 1. The van der Waals surface area contributed by atoms with Gasteiger partial charge < -0.3 is 10.2 Å². The fraction of sp³-hybridized carbons (Fsp3) is 0.875. The van der Waals surface area contributed by atoms with E-state index >= 15 is 0 Å². The Bertz CT molecular complexity index is 331. The van der Waals surface area contributed by atoms with Crippen LogP contribution in [0, 0.1) is 0 Å². The molecule has 15 heavy (non-hydrogen) atoms. The topological polar surface area (TPSA) is 94.9 Å². The van der Waals surface area contributed by atoms with E-state index in [4.69, 9.17) is 5.11 Å². The Morgan fingerprint density at radius 1 is 1.40 bits per heavy atom. The second-order valence-corrected chi connectivity index (χ2v) is 5.91. The number of rotatable bonds is 3. The van der Waals surface area contributed by atoms with Crippen molar-refractivity contribution in [3.05, 3.63) is 0 Å². The fourth-order valence-corrected chi connectivity index (χ4v) is 2.87. The van der Waals surface area contributed by atoms with Crippen molar-refractivity contribution in [2.75, 3.05) is 13.1 Å². The molecule has 0 aliphatic carbocycles. The van der Waals surface area contributed by atoms with Crippen LogP contribution in [0.2, 0.25) is 0 Å². The molecule has 88 valence electrons. The molecule has 1 aliphatic heterocycles. The molecule has 0 bridgehead atoms. The standard InChI is InChI=1S/C8H15NO5S/c1-6(8(11)12)15(13,14)9-4-2-7(10)3-5-9/h6-7,10H,2-5H2,1H3,(H,11,12). The van der Waals surface area contributed by atoms with Crippen LogP contribution >= 0.6 is 0 Å². The number of sulfonamides is 1. The maximum absolute atomic E-state index is 11.7. The third-order valence-corrected chi connectivity index (χ3v) is 4.76. The summed E-state index contributed by atoms with van der Waals surface area (Å²) in [6.45, 7) is 1.55. The maximum Gasteiger partial charge on any atom is 0.323 e. The molecule has 1 saturated heterocycles. The molecule has 0 amide bonds. The molecule has 1 fully saturated rings. The van der Waals surface area contributed by atoms with E-state index in [9.17, 15) is 18.3 Å². The maximum atomic E-state index is 11.7.